The highest BCUT2D eigenvalue weighted by atomic mass is 32.2. The summed E-state index contributed by atoms with van der Waals surface area (Å²) in [5.74, 6) is 2.26. The minimum Gasteiger partial charge on any atom is -0.338 e. The van der Waals surface area contributed by atoms with Gasteiger partial charge in [0.15, 0.2) is 5.82 Å². The van der Waals surface area contributed by atoms with Crippen molar-refractivity contribution < 1.29 is 4.52 Å². The molecular formula is C11H15N3OS2. The molecule has 0 radical (unpaired) electrons. The first-order chi connectivity index (χ1) is 8.29. The van der Waals surface area contributed by atoms with Crippen molar-refractivity contribution in [3.8, 4) is 0 Å². The van der Waals surface area contributed by atoms with E-state index in [9.17, 15) is 0 Å². The molecule has 2 N–H and O–H groups in total. The van der Waals surface area contributed by atoms with E-state index >= 15 is 0 Å². The van der Waals surface area contributed by atoms with Crippen molar-refractivity contribution in [1.82, 2.24) is 10.1 Å². The Morgan fingerprint density at radius 3 is 3.18 bits per heavy atom. The highest BCUT2D eigenvalue weighted by Gasteiger charge is 2.14. The lowest BCUT2D eigenvalue weighted by atomic mass is 10.2. The van der Waals surface area contributed by atoms with Crippen molar-refractivity contribution in [2.45, 2.75) is 18.9 Å². The Balaban J connectivity index is 1.95. The summed E-state index contributed by atoms with van der Waals surface area (Å²) >= 11 is 3.46. The van der Waals surface area contributed by atoms with Gasteiger partial charge < -0.3 is 10.3 Å². The van der Waals surface area contributed by atoms with Gasteiger partial charge in [-0.2, -0.15) is 16.7 Å². The fourth-order valence-corrected chi connectivity index (χ4v) is 2.62. The first-order valence-corrected chi connectivity index (χ1v) is 7.66. The third kappa shape index (κ3) is 3.55. The molecule has 0 fully saturated rings. The van der Waals surface area contributed by atoms with Crippen LogP contribution in [0.25, 0.3) is 0 Å². The standard InChI is InChI=1S/C11H15N3OS2/c1-16-6-4-9(12)11-13-10(14-15-11)7-8-3-2-5-17-8/h2-3,5,9H,4,6-7,12H2,1H3/t9-/m1/s1. The summed E-state index contributed by atoms with van der Waals surface area (Å²) in [4.78, 5) is 5.56. The van der Waals surface area contributed by atoms with Crippen molar-refractivity contribution in [1.29, 1.82) is 0 Å². The van der Waals surface area contributed by atoms with E-state index in [0.717, 1.165) is 18.6 Å². The molecule has 17 heavy (non-hydrogen) atoms. The quantitative estimate of drug-likeness (QED) is 0.872. The van der Waals surface area contributed by atoms with Gasteiger partial charge >= 0.3 is 0 Å². The lowest BCUT2D eigenvalue weighted by Crippen LogP contribution is -2.11. The van der Waals surface area contributed by atoms with Gasteiger partial charge in [-0.05, 0) is 29.9 Å². The maximum absolute atomic E-state index is 5.96. The largest absolute Gasteiger partial charge is 0.338 e. The Hall–Kier alpha value is -0.850. The summed E-state index contributed by atoms with van der Waals surface area (Å²) in [5.41, 5.74) is 5.96. The molecule has 0 aromatic carbocycles. The molecule has 0 amide bonds. The van der Waals surface area contributed by atoms with Crippen LogP contribution >= 0.6 is 23.1 Å². The summed E-state index contributed by atoms with van der Waals surface area (Å²) in [5, 5.41) is 6.00. The molecule has 0 saturated carbocycles. The molecule has 0 unspecified atom stereocenters. The first-order valence-electron chi connectivity index (χ1n) is 5.39. The first kappa shape index (κ1) is 12.6. The zero-order valence-corrected chi connectivity index (χ0v) is 11.3. The molecule has 0 spiro atoms. The summed E-state index contributed by atoms with van der Waals surface area (Å²) in [6, 6.07) is 3.94. The van der Waals surface area contributed by atoms with Crippen LogP contribution in [0.4, 0.5) is 0 Å². The van der Waals surface area contributed by atoms with Crippen LogP contribution < -0.4 is 5.73 Å². The number of nitrogens with two attached hydrogens (primary N) is 1. The zero-order chi connectivity index (χ0) is 12.1. The predicted octanol–water partition coefficient (Wildman–Crippen LogP) is 2.47. The van der Waals surface area contributed by atoms with Crippen LogP contribution in [-0.4, -0.2) is 22.1 Å². The third-order valence-electron chi connectivity index (χ3n) is 2.35. The maximum atomic E-state index is 5.96. The van der Waals surface area contributed by atoms with Crippen LogP contribution in [0.3, 0.4) is 0 Å². The fourth-order valence-electron chi connectivity index (χ4n) is 1.43. The van der Waals surface area contributed by atoms with E-state index in [-0.39, 0.29) is 6.04 Å². The molecule has 2 heterocycles. The second-order valence-corrected chi connectivity index (χ2v) is 5.71. The monoisotopic (exact) mass is 269 g/mol. The van der Waals surface area contributed by atoms with Crippen molar-refractivity contribution >= 4 is 23.1 Å². The van der Waals surface area contributed by atoms with Crippen LogP contribution in [0.5, 0.6) is 0 Å². The molecule has 0 aliphatic rings. The zero-order valence-electron chi connectivity index (χ0n) is 9.63. The summed E-state index contributed by atoms with van der Waals surface area (Å²) in [6.07, 6.45) is 3.64. The number of hydrogen-bond donors (Lipinski definition) is 1. The Labute approximate surface area is 109 Å². The van der Waals surface area contributed by atoms with Gasteiger partial charge in [0.05, 0.1) is 6.04 Å². The van der Waals surface area contributed by atoms with E-state index in [0.29, 0.717) is 11.7 Å². The number of thioether (sulfide) groups is 1. The van der Waals surface area contributed by atoms with E-state index in [1.165, 1.54) is 4.88 Å². The summed E-state index contributed by atoms with van der Waals surface area (Å²) < 4.78 is 5.18. The predicted molar refractivity (Wildman–Crippen MR) is 71.4 cm³/mol. The van der Waals surface area contributed by atoms with Gasteiger partial charge in [0, 0.05) is 11.3 Å². The van der Waals surface area contributed by atoms with Crippen molar-refractivity contribution in [3.05, 3.63) is 34.1 Å². The molecule has 2 rings (SSSR count). The van der Waals surface area contributed by atoms with Gasteiger partial charge in [0.25, 0.3) is 0 Å². The van der Waals surface area contributed by atoms with E-state index in [4.69, 9.17) is 10.3 Å². The van der Waals surface area contributed by atoms with Crippen LogP contribution in [0, 0.1) is 0 Å². The Morgan fingerprint density at radius 1 is 1.59 bits per heavy atom. The normalized spacial score (nSPS) is 12.8. The molecule has 0 aliphatic carbocycles. The summed E-state index contributed by atoms with van der Waals surface area (Å²) in [7, 11) is 0. The molecular weight excluding hydrogens is 254 g/mol. The van der Waals surface area contributed by atoms with Gasteiger partial charge in [0.2, 0.25) is 5.89 Å². The van der Waals surface area contributed by atoms with Crippen LogP contribution in [-0.2, 0) is 6.42 Å². The highest BCUT2D eigenvalue weighted by molar-refractivity contribution is 7.98. The second kappa shape index (κ2) is 6.18. The molecule has 92 valence electrons. The molecule has 1 atom stereocenters. The highest BCUT2D eigenvalue weighted by Crippen LogP contribution is 2.17. The fraction of sp³-hybridized carbons (Fsp3) is 0.455. The topological polar surface area (TPSA) is 64.9 Å². The van der Waals surface area contributed by atoms with Crippen molar-refractivity contribution in [3.63, 3.8) is 0 Å². The molecule has 6 heteroatoms. The van der Waals surface area contributed by atoms with E-state index in [1.807, 2.05) is 11.4 Å². The Kier molecular flexibility index (Phi) is 4.58. The van der Waals surface area contributed by atoms with Gasteiger partial charge in [-0.15, -0.1) is 11.3 Å². The summed E-state index contributed by atoms with van der Waals surface area (Å²) in [6.45, 7) is 0. The average molecular weight is 269 g/mol. The van der Waals surface area contributed by atoms with Gasteiger partial charge in [-0.3, -0.25) is 0 Å². The van der Waals surface area contributed by atoms with Gasteiger partial charge in [0.1, 0.15) is 0 Å². The number of thiophene rings is 1. The molecule has 2 aromatic heterocycles. The average Bonchev–Trinajstić information content (AvgIpc) is 2.98. The number of aromatic nitrogens is 2. The van der Waals surface area contributed by atoms with Crippen molar-refractivity contribution in [2.75, 3.05) is 12.0 Å². The van der Waals surface area contributed by atoms with Crippen LogP contribution in [0.1, 0.15) is 29.1 Å². The van der Waals surface area contributed by atoms with E-state index in [1.54, 1.807) is 23.1 Å². The van der Waals surface area contributed by atoms with Gasteiger partial charge in [-0.25, -0.2) is 0 Å². The Bertz CT molecular complexity index is 441. The SMILES string of the molecule is CSCC[C@@H](N)c1nc(Cc2cccs2)no1. The van der Waals surface area contributed by atoms with E-state index < -0.39 is 0 Å². The Morgan fingerprint density at radius 2 is 2.47 bits per heavy atom. The molecule has 0 bridgehead atoms. The lowest BCUT2D eigenvalue weighted by molar-refractivity contribution is 0.349. The number of nitrogens with zero attached hydrogens (tertiary/aromatic N) is 2. The van der Waals surface area contributed by atoms with Crippen LogP contribution in [0.2, 0.25) is 0 Å². The molecule has 4 nitrogen and oxygen atoms in total. The maximum Gasteiger partial charge on any atom is 0.243 e. The van der Waals surface area contributed by atoms with Crippen molar-refractivity contribution in [2.24, 2.45) is 5.73 Å². The third-order valence-corrected chi connectivity index (χ3v) is 3.87. The molecule has 0 saturated heterocycles. The number of hydrogen-bond acceptors (Lipinski definition) is 6. The smallest absolute Gasteiger partial charge is 0.243 e. The van der Waals surface area contributed by atoms with Crippen LogP contribution in [0.15, 0.2) is 22.0 Å². The lowest BCUT2D eigenvalue weighted by Gasteiger charge is -2.03. The van der Waals surface area contributed by atoms with Gasteiger partial charge in [-0.1, -0.05) is 11.2 Å². The molecule has 0 aliphatic heterocycles. The molecule has 2 aromatic rings. The second-order valence-electron chi connectivity index (χ2n) is 3.69. The van der Waals surface area contributed by atoms with E-state index in [2.05, 4.69) is 22.5 Å². The minimum absolute atomic E-state index is 0.146. The minimum atomic E-state index is -0.146. The number of rotatable bonds is 6.